The van der Waals surface area contributed by atoms with Crippen molar-refractivity contribution in [2.75, 3.05) is 20.1 Å². The molecule has 0 saturated heterocycles. The summed E-state index contributed by atoms with van der Waals surface area (Å²) in [6.45, 7) is 8.70. The van der Waals surface area contributed by atoms with Gasteiger partial charge in [0.25, 0.3) is 0 Å². The Balaban J connectivity index is 4.11. The fourth-order valence-corrected chi connectivity index (χ4v) is 2.08. The van der Waals surface area contributed by atoms with E-state index in [0.29, 0.717) is 6.04 Å². The molecule has 1 atom stereocenters. The number of likely N-dealkylation sites (N-methyl/N-ethyl adjacent to an activating group) is 1. The van der Waals surface area contributed by atoms with Crippen LogP contribution in [0, 0.1) is 5.92 Å². The Morgan fingerprint density at radius 2 is 1.69 bits per heavy atom. The van der Waals surface area contributed by atoms with Gasteiger partial charge in [0.05, 0.1) is 0 Å². The minimum Gasteiger partial charge on any atom is -0.329 e. The van der Waals surface area contributed by atoms with E-state index in [-0.39, 0.29) is 0 Å². The van der Waals surface area contributed by atoms with Crippen molar-refractivity contribution in [1.82, 2.24) is 4.90 Å². The van der Waals surface area contributed by atoms with Crippen molar-refractivity contribution in [3.8, 4) is 0 Å². The molecule has 0 bridgehead atoms. The third-order valence-corrected chi connectivity index (χ3v) is 2.98. The molecule has 0 aromatic heterocycles. The van der Waals surface area contributed by atoms with E-state index >= 15 is 0 Å². The van der Waals surface area contributed by atoms with Gasteiger partial charge in [-0.25, -0.2) is 0 Å². The molecule has 2 N–H and O–H groups in total. The van der Waals surface area contributed by atoms with Crippen LogP contribution in [-0.2, 0) is 0 Å². The highest BCUT2D eigenvalue weighted by molar-refractivity contribution is 4.76. The van der Waals surface area contributed by atoms with Gasteiger partial charge in [0.1, 0.15) is 0 Å². The van der Waals surface area contributed by atoms with E-state index in [0.717, 1.165) is 12.5 Å². The molecule has 0 heterocycles. The van der Waals surface area contributed by atoms with E-state index in [1.165, 1.54) is 25.8 Å². The highest BCUT2D eigenvalue weighted by Crippen LogP contribution is 2.16. The van der Waals surface area contributed by atoms with E-state index in [4.69, 9.17) is 5.73 Å². The van der Waals surface area contributed by atoms with Crippen LogP contribution < -0.4 is 5.73 Å². The van der Waals surface area contributed by atoms with Crippen molar-refractivity contribution in [2.24, 2.45) is 11.7 Å². The second kappa shape index (κ2) is 7.34. The molecular weight excluding hydrogens is 160 g/mol. The average molecular weight is 186 g/mol. The summed E-state index contributed by atoms with van der Waals surface area (Å²) in [7, 11) is 2.19. The molecular formula is C11H26N2. The molecule has 0 amide bonds. The highest BCUT2D eigenvalue weighted by Gasteiger charge is 2.20. The van der Waals surface area contributed by atoms with E-state index in [1.54, 1.807) is 0 Å². The molecule has 0 aromatic rings. The van der Waals surface area contributed by atoms with Gasteiger partial charge in [-0.1, -0.05) is 33.6 Å². The van der Waals surface area contributed by atoms with Gasteiger partial charge in [-0.05, 0) is 25.9 Å². The summed E-state index contributed by atoms with van der Waals surface area (Å²) in [6.07, 6.45) is 3.70. The smallest absolute Gasteiger partial charge is 0.0243 e. The molecule has 0 saturated carbocycles. The molecule has 0 aliphatic rings. The first kappa shape index (κ1) is 12.9. The van der Waals surface area contributed by atoms with Crippen molar-refractivity contribution in [3.63, 3.8) is 0 Å². The van der Waals surface area contributed by atoms with Gasteiger partial charge in [0.2, 0.25) is 0 Å². The van der Waals surface area contributed by atoms with Crippen LogP contribution >= 0.6 is 0 Å². The topological polar surface area (TPSA) is 29.3 Å². The predicted molar refractivity (Wildman–Crippen MR) is 59.8 cm³/mol. The van der Waals surface area contributed by atoms with Gasteiger partial charge in [-0.3, -0.25) is 0 Å². The zero-order valence-electron chi connectivity index (χ0n) is 9.71. The fourth-order valence-electron chi connectivity index (χ4n) is 2.08. The summed E-state index contributed by atoms with van der Waals surface area (Å²) in [4.78, 5) is 2.41. The lowest BCUT2D eigenvalue weighted by Crippen LogP contribution is -2.43. The summed E-state index contributed by atoms with van der Waals surface area (Å²) < 4.78 is 0. The summed E-state index contributed by atoms with van der Waals surface area (Å²) >= 11 is 0. The molecule has 2 heteroatoms. The molecule has 0 aliphatic heterocycles. The minimum absolute atomic E-state index is 0.579. The Hall–Kier alpha value is -0.0800. The van der Waals surface area contributed by atoms with Crippen LogP contribution in [0.3, 0.4) is 0 Å². The summed E-state index contributed by atoms with van der Waals surface area (Å²) in [5.41, 5.74) is 5.81. The molecule has 13 heavy (non-hydrogen) atoms. The summed E-state index contributed by atoms with van der Waals surface area (Å²) in [5, 5.41) is 0. The normalized spacial score (nSPS) is 14.1. The maximum atomic E-state index is 5.81. The fraction of sp³-hybridized carbons (Fsp3) is 1.00. The van der Waals surface area contributed by atoms with E-state index in [2.05, 4.69) is 32.7 Å². The van der Waals surface area contributed by atoms with E-state index in [1.807, 2.05) is 0 Å². The third-order valence-electron chi connectivity index (χ3n) is 2.98. The second-order valence-corrected chi connectivity index (χ2v) is 3.86. The molecule has 0 aromatic carbocycles. The maximum Gasteiger partial charge on any atom is 0.0243 e. The predicted octanol–water partition coefficient (Wildman–Crippen LogP) is 2.09. The summed E-state index contributed by atoms with van der Waals surface area (Å²) in [6, 6.07) is 0.579. The SMILES string of the molecule is CCCN(C)C(CN)C(CC)CC. The quantitative estimate of drug-likeness (QED) is 0.659. The molecule has 0 radical (unpaired) electrons. The first-order valence-corrected chi connectivity index (χ1v) is 5.61. The summed E-state index contributed by atoms with van der Waals surface area (Å²) in [5.74, 6) is 0.765. The van der Waals surface area contributed by atoms with Gasteiger partial charge in [0, 0.05) is 12.6 Å². The standard InChI is InChI=1S/C11H26N2/c1-5-8-13(4)11(9-12)10(6-2)7-3/h10-11H,5-9,12H2,1-4H3. The van der Waals surface area contributed by atoms with E-state index < -0.39 is 0 Å². The van der Waals surface area contributed by atoms with Crippen LogP contribution in [0.15, 0.2) is 0 Å². The van der Waals surface area contributed by atoms with Crippen molar-refractivity contribution >= 4 is 0 Å². The number of nitrogens with zero attached hydrogens (tertiary/aromatic N) is 1. The van der Waals surface area contributed by atoms with Crippen molar-refractivity contribution in [3.05, 3.63) is 0 Å². The lowest BCUT2D eigenvalue weighted by Gasteiger charge is -2.32. The van der Waals surface area contributed by atoms with Gasteiger partial charge >= 0.3 is 0 Å². The van der Waals surface area contributed by atoms with Gasteiger partial charge in [0.15, 0.2) is 0 Å². The van der Waals surface area contributed by atoms with Crippen LogP contribution in [0.25, 0.3) is 0 Å². The average Bonchev–Trinajstić information content (AvgIpc) is 2.14. The zero-order chi connectivity index (χ0) is 10.3. The van der Waals surface area contributed by atoms with Crippen molar-refractivity contribution in [1.29, 1.82) is 0 Å². The molecule has 0 spiro atoms. The molecule has 2 nitrogen and oxygen atoms in total. The largest absolute Gasteiger partial charge is 0.329 e. The lowest BCUT2D eigenvalue weighted by molar-refractivity contribution is 0.172. The minimum atomic E-state index is 0.579. The van der Waals surface area contributed by atoms with E-state index in [9.17, 15) is 0 Å². The van der Waals surface area contributed by atoms with Crippen LogP contribution in [0.2, 0.25) is 0 Å². The van der Waals surface area contributed by atoms with Crippen LogP contribution in [0.4, 0.5) is 0 Å². The van der Waals surface area contributed by atoms with Gasteiger partial charge in [-0.15, -0.1) is 0 Å². The Bertz CT molecular complexity index is 111. The Labute approximate surface area is 83.5 Å². The molecule has 1 unspecified atom stereocenters. The first-order chi connectivity index (χ1) is 6.21. The van der Waals surface area contributed by atoms with Crippen molar-refractivity contribution < 1.29 is 0 Å². The number of rotatable bonds is 7. The maximum absolute atomic E-state index is 5.81. The zero-order valence-corrected chi connectivity index (χ0v) is 9.71. The number of hydrogen-bond acceptors (Lipinski definition) is 2. The van der Waals surface area contributed by atoms with Crippen LogP contribution in [0.5, 0.6) is 0 Å². The van der Waals surface area contributed by atoms with Gasteiger partial charge in [-0.2, -0.15) is 0 Å². The third kappa shape index (κ3) is 4.10. The highest BCUT2D eigenvalue weighted by atomic mass is 15.1. The van der Waals surface area contributed by atoms with Crippen molar-refractivity contribution in [2.45, 2.75) is 46.1 Å². The second-order valence-electron chi connectivity index (χ2n) is 3.86. The molecule has 0 fully saturated rings. The Morgan fingerprint density at radius 3 is 2.00 bits per heavy atom. The van der Waals surface area contributed by atoms with Gasteiger partial charge < -0.3 is 10.6 Å². The number of hydrogen-bond donors (Lipinski definition) is 1. The number of nitrogens with two attached hydrogens (primary N) is 1. The first-order valence-electron chi connectivity index (χ1n) is 5.61. The monoisotopic (exact) mass is 186 g/mol. The molecule has 0 rings (SSSR count). The Kier molecular flexibility index (Phi) is 7.29. The molecule has 80 valence electrons. The van der Waals surface area contributed by atoms with Crippen LogP contribution in [-0.4, -0.2) is 31.1 Å². The lowest BCUT2D eigenvalue weighted by atomic mass is 9.93. The Morgan fingerprint density at radius 1 is 1.15 bits per heavy atom. The van der Waals surface area contributed by atoms with Crippen LogP contribution in [0.1, 0.15) is 40.0 Å². The molecule has 0 aliphatic carbocycles.